The number of thiophene rings is 1. The fourth-order valence-electron chi connectivity index (χ4n) is 2.15. The van der Waals surface area contributed by atoms with Crippen molar-refractivity contribution in [1.29, 1.82) is 0 Å². The van der Waals surface area contributed by atoms with E-state index in [2.05, 4.69) is 11.4 Å². The molecular formula is C12H16N2OS2. The highest BCUT2D eigenvalue weighted by molar-refractivity contribution is 7.80. The Bertz CT molecular complexity index is 441. The summed E-state index contributed by atoms with van der Waals surface area (Å²) in [4.78, 5) is 15.9. The van der Waals surface area contributed by atoms with Crippen molar-refractivity contribution >= 4 is 34.5 Å². The molecule has 1 amide bonds. The lowest BCUT2D eigenvalue weighted by atomic mass is 10.0. The molecule has 0 fully saturated rings. The van der Waals surface area contributed by atoms with Crippen LogP contribution in [0.5, 0.6) is 0 Å². The molecule has 1 unspecified atom stereocenters. The number of carbonyl (C=O) groups is 1. The lowest BCUT2D eigenvalue weighted by Gasteiger charge is -2.29. The van der Waals surface area contributed by atoms with E-state index in [1.54, 1.807) is 11.3 Å². The van der Waals surface area contributed by atoms with Crippen LogP contribution in [0.3, 0.4) is 0 Å². The van der Waals surface area contributed by atoms with Crippen LogP contribution in [0.2, 0.25) is 0 Å². The number of thiocarbonyl (C=S) groups is 1. The van der Waals surface area contributed by atoms with Gasteiger partial charge in [0.1, 0.15) is 0 Å². The van der Waals surface area contributed by atoms with Gasteiger partial charge in [-0.1, -0.05) is 19.1 Å². The molecule has 17 heavy (non-hydrogen) atoms. The number of hydrogen-bond acceptors (Lipinski definition) is 3. The number of carbonyl (C=O) groups excluding carboxylic acids is 1. The van der Waals surface area contributed by atoms with Crippen LogP contribution in [0.4, 0.5) is 0 Å². The first-order chi connectivity index (χ1) is 8.13. The van der Waals surface area contributed by atoms with Crippen molar-refractivity contribution in [2.24, 2.45) is 11.7 Å². The Morgan fingerprint density at radius 1 is 1.71 bits per heavy atom. The predicted octanol–water partition coefficient (Wildman–Crippen LogP) is 1.95. The average Bonchev–Trinajstić information content (AvgIpc) is 2.75. The maximum atomic E-state index is 12.3. The highest BCUT2D eigenvalue weighted by atomic mass is 32.1. The lowest BCUT2D eigenvalue weighted by molar-refractivity contribution is -0.134. The van der Waals surface area contributed by atoms with Gasteiger partial charge in [-0.3, -0.25) is 4.79 Å². The van der Waals surface area contributed by atoms with Crippen LogP contribution in [0.25, 0.3) is 0 Å². The molecule has 92 valence electrons. The molecule has 2 N–H and O–H groups in total. The zero-order valence-corrected chi connectivity index (χ0v) is 11.4. The Morgan fingerprint density at radius 2 is 2.47 bits per heavy atom. The van der Waals surface area contributed by atoms with E-state index < -0.39 is 0 Å². The summed E-state index contributed by atoms with van der Waals surface area (Å²) in [5.74, 6) is -0.220. The van der Waals surface area contributed by atoms with Crippen LogP contribution in [-0.2, 0) is 17.8 Å². The molecule has 0 bridgehead atoms. The minimum absolute atomic E-state index is 0.0804. The Kier molecular flexibility index (Phi) is 3.79. The maximum absolute atomic E-state index is 12.3. The summed E-state index contributed by atoms with van der Waals surface area (Å²) in [6.07, 6.45) is 1.63. The van der Waals surface area contributed by atoms with E-state index in [4.69, 9.17) is 18.0 Å². The molecule has 1 aliphatic heterocycles. The second-order valence-corrected chi connectivity index (χ2v) is 5.71. The first-order valence-corrected chi connectivity index (χ1v) is 7.05. The topological polar surface area (TPSA) is 46.3 Å². The Balaban J connectivity index is 2.10. The van der Waals surface area contributed by atoms with Gasteiger partial charge in [0.05, 0.1) is 10.9 Å². The van der Waals surface area contributed by atoms with Gasteiger partial charge >= 0.3 is 0 Å². The summed E-state index contributed by atoms with van der Waals surface area (Å²) >= 11 is 6.73. The lowest BCUT2D eigenvalue weighted by Crippen LogP contribution is -2.43. The van der Waals surface area contributed by atoms with Crippen LogP contribution in [0.1, 0.15) is 23.8 Å². The smallest absolute Gasteiger partial charge is 0.232 e. The predicted molar refractivity (Wildman–Crippen MR) is 74.0 cm³/mol. The first kappa shape index (κ1) is 12.5. The van der Waals surface area contributed by atoms with Gasteiger partial charge in [0, 0.05) is 18.0 Å². The van der Waals surface area contributed by atoms with Gasteiger partial charge in [0.2, 0.25) is 5.91 Å². The minimum Gasteiger partial charge on any atom is -0.393 e. The summed E-state index contributed by atoms with van der Waals surface area (Å²) in [6, 6.07) is 2.10. The van der Waals surface area contributed by atoms with Crippen molar-refractivity contribution < 1.29 is 4.79 Å². The van der Waals surface area contributed by atoms with Crippen LogP contribution >= 0.6 is 23.6 Å². The maximum Gasteiger partial charge on any atom is 0.232 e. The molecule has 0 saturated heterocycles. The van der Waals surface area contributed by atoms with E-state index in [0.29, 0.717) is 18.0 Å². The van der Waals surface area contributed by atoms with Crippen LogP contribution in [0, 0.1) is 5.92 Å². The van der Waals surface area contributed by atoms with Crippen LogP contribution in [-0.4, -0.2) is 22.3 Å². The molecule has 1 aromatic heterocycles. The molecule has 0 saturated carbocycles. The third-order valence-electron chi connectivity index (χ3n) is 3.17. The van der Waals surface area contributed by atoms with E-state index in [9.17, 15) is 4.79 Å². The highest BCUT2D eigenvalue weighted by Gasteiger charge is 2.28. The molecule has 1 aromatic rings. The van der Waals surface area contributed by atoms with Crippen LogP contribution in [0.15, 0.2) is 11.4 Å². The summed E-state index contributed by atoms with van der Waals surface area (Å²) in [5.41, 5.74) is 6.89. The molecule has 3 nitrogen and oxygen atoms in total. The normalized spacial score (nSPS) is 16.4. The quantitative estimate of drug-likeness (QED) is 0.852. The van der Waals surface area contributed by atoms with Gasteiger partial charge in [-0.05, 0) is 29.9 Å². The fraction of sp³-hybridized carbons (Fsp3) is 0.500. The summed E-state index contributed by atoms with van der Waals surface area (Å²) in [5, 5.41) is 2.09. The number of nitrogens with zero attached hydrogens (tertiary/aromatic N) is 1. The van der Waals surface area contributed by atoms with Crippen molar-refractivity contribution in [2.75, 3.05) is 6.54 Å². The Morgan fingerprint density at radius 3 is 3.12 bits per heavy atom. The number of fused-ring (bicyclic) bond motifs is 1. The van der Waals surface area contributed by atoms with Gasteiger partial charge < -0.3 is 10.6 Å². The average molecular weight is 268 g/mol. The van der Waals surface area contributed by atoms with Crippen molar-refractivity contribution in [3.8, 4) is 0 Å². The monoisotopic (exact) mass is 268 g/mol. The highest BCUT2D eigenvalue weighted by Crippen LogP contribution is 2.25. The number of hydrogen-bond donors (Lipinski definition) is 1. The summed E-state index contributed by atoms with van der Waals surface area (Å²) in [6.45, 7) is 3.43. The first-order valence-electron chi connectivity index (χ1n) is 5.76. The van der Waals surface area contributed by atoms with Gasteiger partial charge in [-0.15, -0.1) is 11.3 Å². The molecule has 0 aromatic carbocycles. The van der Waals surface area contributed by atoms with Gasteiger partial charge in [0.25, 0.3) is 0 Å². The number of amides is 1. The number of rotatable bonds is 3. The fourth-order valence-corrected chi connectivity index (χ4v) is 3.31. The van der Waals surface area contributed by atoms with Gasteiger partial charge in [0.15, 0.2) is 0 Å². The van der Waals surface area contributed by atoms with Gasteiger partial charge in [-0.25, -0.2) is 0 Å². The van der Waals surface area contributed by atoms with Crippen LogP contribution < -0.4 is 5.73 Å². The van der Waals surface area contributed by atoms with Crippen molar-refractivity contribution in [3.05, 3.63) is 21.9 Å². The van der Waals surface area contributed by atoms with E-state index in [1.165, 1.54) is 10.4 Å². The summed E-state index contributed by atoms with van der Waals surface area (Å²) in [7, 11) is 0. The zero-order valence-electron chi connectivity index (χ0n) is 9.81. The van der Waals surface area contributed by atoms with Gasteiger partial charge in [-0.2, -0.15) is 0 Å². The zero-order chi connectivity index (χ0) is 12.4. The molecule has 0 spiro atoms. The molecule has 0 aliphatic carbocycles. The summed E-state index contributed by atoms with van der Waals surface area (Å²) < 4.78 is 0. The van der Waals surface area contributed by atoms with Crippen molar-refractivity contribution in [1.82, 2.24) is 4.90 Å². The van der Waals surface area contributed by atoms with E-state index in [-0.39, 0.29) is 11.8 Å². The molecule has 1 atom stereocenters. The SMILES string of the molecule is CCC(C(=O)N1CCc2sccc2C1)C(N)=S. The standard InChI is InChI=1S/C12H16N2OS2/c1-2-9(11(13)16)12(15)14-5-3-10-8(7-14)4-6-17-10/h4,6,9H,2-3,5,7H2,1H3,(H2,13,16). The van der Waals surface area contributed by atoms with E-state index in [1.807, 2.05) is 11.8 Å². The third kappa shape index (κ3) is 2.50. The molecule has 2 rings (SSSR count). The van der Waals surface area contributed by atoms with Crippen molar-refractivity contribution in [3.63, 3.8) is 0 Å². The third-order valence-corrected chi connectivity index (χ3v) is 4.48. The molecular weight excluding hydrogens is 252 g/mol. The van der Waals surface area contributed by atoms with E-state index in [0.717, 1.165) is 13.0 Å². The number of nitrogens with two attached hydrogens (primary N) is 1. The second-order valence-electron chi connectivity index (χ2n) is 4.24. The Hall–Kier alpha value is -0.940. The van der Waals surface area contributed by atoms with E-state index >= 15 is 0 Å². The van der Waals surface area contributed by atoms with Crippen molar-refractivity contribution in [2.45, 2.75) is 26.3 Å². The molecule has 0 radical (unpaired) electrons. The molecule has 2 heterocycles. The largest absolute Gasteiger partial charge is 0.393 e. The minimum atomic E-state index is -0.301. The molecule has 1 aliphatic rings. The molecule has 5 heteroatoms. The second kappa shape index (κ2) is 5.14. The Labute approximate surface area is 111 Å².